The summed E-state index contributed by atoms with van der Waals surface area (Å²) in [5, 5.41) is 7.75. The summed E-state index contributed by atoms with van der Waals surface area (Å²) >= 11 is 0. The first-order valence-electron chi connectivity index (χ1n) is 8.10. The zero-order valence-electron chi connectivity index (χ0n) is 14.3. The third-order valence-corrected chi connectivity index (χ3v) is 5.08. The second-order valence-electron chi connectivity index (χ2n) is 6.15. The highest BCUT2D eigenvalue weighted by Crippen LogP contribution is 2.09. The first-order chi connectivity index (χ1) is 11.8. The highest BCUT2D eigenvalue weighted by molar-refractivity contribution is 7.89. The number of carbonyl (C=O) groups excluding carboxylic acids is 2. The lowest BCUT2D eigenvalue weighted by Crippen LogP contribution is -2.48. The average Bonchev–Trinajstić information content (AvgIpc) is 2.55. The largest absolute Gasteiger partial charge is 0.355 e. The zero-order valence-corrected chi connectivity index (χ0v) is 15.1. The van der Waals surface area contributed by atoms with E-state index >= 15 is 0 Å². The van der Waals surface area contributed by atoms with Gasteiger partial charge in [0, 0.05) is 32.7 Å². The first kappa shape index (κ1) is 19.4. The van der Waals surface area contributed by atoms with Crippen LogP contribution in [0.15, 0.2) is 29.2 Å². The number of nitrogens with zero attached hydrogens (tertiary/aromatic N) is 2. The third-order valence-electron chi connectivity index (χ3n) is 4.16. The van der Waals surface area contributed by atoms with Crippen molar-refractivity contribution in [1.82, 2.24) is 15.1 Å². The Labute approximate surface area is 148 Å². The number of benzene rings is 1. The topological polar surface area (TPSA) is 113 Å². The molecule has 1 fully saturated rings. The van der Waals surface area contributed by atoms with Gasteiger partial charge in [-0.25, -0.2) is 13.6 Å². The molecule has 0 bridgehead atoms. The number of sulfonamides is 1. The lowest BCUT2D eigenvalue weighted by atomic mass is 10.1. The molecule has 25 heavy (non-hydrogen) atoms. The summed E-state index contributed by atoms with van der Waals surface area (Å²) in [7, 11) is -1.69. The molecule has 1 aliphatic rings. The number of nitrogens with one attached hydrogen (secondary N) is 1. The van der Waals surface area contributed by atoms with E-state index < -0.39 is 10.0 Å². The Hall–Kier alpha value is -1.97. The SMILES string of the molecule is CN1CCN(C(=O)CC(=O)NCCc2ccc(S(N)(=O)=O)cc2)CC1. The van der Waals surface area contributed by atoms with E-state index in [1.54, 1.807) is 17.0 Å². The number of piperazine rings is 1. The molecule has 0 aliphatic carbocycles. The Morgan fingerprint density at radius 2 is 1.72 bits per heavy atom. The summed E-state index contributed by atoms with van der Waals surface area (Å²) in [6.45, 7) is 3.32. The summed E-state index contributed by atoms with van der Waals surface area (Å²) in [4.78, 5) is 27.8. The molecule has 9 heteroatoms. The molecular formula is C16H24N4O4S. The fourth-order valence-electron chi connectivity index (χ4n) is 2.56. The van der Waals surface area contributed by atoms with Gasteiger partial charge < -0.3 is 15.1 Å². The summed E-state index contributed by atoms with van der Waals surface area (Å²) < 4.78 is 22.4. The number of primary sulfonamides is 1. The van der Waals surface area contributed by atoms with Crippen LogP contribution in [0, 0.1) is 0 Å². The lowest BCUT2D eigenvalue weighted by Gasteiger charge is -2.32. The minimum absolute atomic E-state index is 0.0538. The molecule has 1 aliphatic heterocycles. The maximum atomic E-state index is 12.1. The van der Waals surface area contributed by atoms with E-state index in [0.29, 0.717) is 26.1 Å². The van der Waals surface area contributed by atoms with Crippen LogP contribution in [-0.4, -0.2) is 69.8 Å². The number of rotatable bonds is 6. The van der Waals surface area contributed by atoms with E-state index in [2.05, 4.69) is 10.2 Å². The molecule has 1 aromatic rings. The molecule has 0 radical (unpaired) electrons. The monoisotopic (exact) mass is 368 g/mol. The highest BCUT2D eigenvalue weighted by atomic mass is 32.2. The maximum absolute atomic E-state index is 12.1. The molecule has 8 nitrogen and oxygen atoms in total. The summed E-state index contributed by atoms with van der Waals surface area (Å²) in [5.41, 5.74) is 0.873. The Kier molecular flexibility index (Phi) is 6.51. The number of hydrogen-bond acceptors (Lipinski definition) is 5. The smallest absolute Gasteiger partial charge is 0.238 e. The Morgan fingerprint density at radius 3 is 2.28 bits per heavy atom. The van der Waals surface area contributed by atoms with Gasteiger partial charge in [0.15, 0.2) is 0 Å². The van der Waals surface area contributed by atoms with E-state index in [1.165, 1.54) is 12.1 Å². The fourth-order valence-corrected chi connectivity index (χ4v) is 3.08. The molecule has 0 unspecified atom stereocenters. The van der Waals surface area contributed by atoms with Crippen LogP contribution in [0.1, 0.15) is 12.0 Å². The Morgan fingerprint density at radius 1 is 1.12 bits per heavy atom. The van der Waals surface area contributed by atoms with Gasteiger partial charge in [-0.1, -0.05) is 12.1 Å². The Balaban J connectivity index is 1.72. The minimum atomic E-state index is -3.70. The second-order valence-corrected chi connectivity index (χ2v) is 7.71. The van der Waals surface area contributed by atoms with Gasteiger partial charge in [0.2, 0.25) is 21.8 Å². The van der Waals surface area contributed by atoms with Crippen molar-refractivity contribution in [2.45, 2.75) is 17.7 Å². The lowest BCUT2D eigenvalue weighted by molar-refractivity contribution is -0.137. The molecule has 138 valence electrons. The van der Waals surface area contributed by atoms with Gasteiger partial charge in [-0.3, -0.25) is 9.59 Å². The fraction of sp³-hybridized carbons (Fsp3) is 0.500. The van der Waals surface area contributed by atoms with Crippen LogP contribution in [-0.2, 0) is 26.0 Å². The van der Waals surface area contributed by atoms with Gasteiger partial charge in [0.05, 0.1) is 4.90 Å². The predicted molar refractivity (Wildman–Crippen MR) is 93.2 cm³/mol. The van der Waals surface area contributed by atoms with Crippen LogP contribution >= 0.6 is 0 Å². The molecule has 3 N–H and O–H groups in total. The van der Waals surface area contributed by atoms with E-state index in [0.717, 1.165) is 18.7 Å². The molecule has 1 heterocycles. The van der Waals surface area contributed by atoms with Crippen molar-refractivity contribution in [2.75, 3.05) is 39.8 Å². The normalized spacial score (nSPS) is 15.8. The van der Waals surface area contributed by atoms with Crippen molar-refractivity contribution >= 4 is 21.8 Å². The van der Waals surface area contributed by atoms with Crippen molar-refractivity contribution in [2.24, 2.45) is 5.14 Å². The highest BCUT2D eigenvalue weighted by Gasteiger charge is 2.20. The van der Waals surface area contributed by atoms with Crippen LogP contribution in [0.2, 0.25) is 0 Å². The second kappa shape index (κ2) is 8.41. The predicted octanol–water partition coefficient (Wildman–Crippen LogP) is -0.843. The van der Waals surface area contributed by atoms with Crippen molar-refractivity contribution in [3.05, 3.63) is 29.8 Å². The molecule has 2 rings (SSSR count). The van der Waals surface area contributed by atoms with Crippen molar-refractivity contribution in [3.8, 4) is 0 Å². The third kappa shape index (κ3) is 6.11. The van der Waals surface area contributed by atoms with Gasteiger partial charge in [0.1, 0.15) is 6.42 Å². The van der Waals surface area contributed by atoms with E-state index in [1.807, 2.05) is 7.05 Å². The average molecular weight is 368 g/mol. The van der Waals surface area contributed by atoms with Crippen molar-refractivity contribution < 1.29 is 18.0 Å². The van der Waals surface area contributed by atoms with Gasteiger partial charge in [-0.05, 0) is 31.2 Å². The molecule has 1 aromatic carbocycles. The molecule has 0 aromatic heterocycles. The molecule has 0 saturated carbocycles. The maximum Gasteiger partial charge on any atom is 0.238 e. The number of amides is 2. The van der Waals surface area contributed by atoms with Crippen molar-refractivity contribution in [1.29, 1.82) is 0 Å². The van der Waals surface area contributed by atoms with Crippen LogP contribution in [0.4, 0.5) is 0 Å². The Bertz CT molecular complexity index is 710. The van der Waals surface area contributed by atoms with Gasteiger partial charge >= 0.3 is 0 Å². The quantitative estimate of drug-likeness (QED) is 0.636. The summed E-state index contributed by atoms with van der Waals surface area (Å²) in [5.74, 6) is -0.451. The van der Waals surface area contributed by atoms with Crippen molar-refractivity contribution in [3.63, 3.8) is 0 Å². The standard InChI is InChI=1S/C16H24N4O4S/c1-19-8-10-20(11-9-19)16(22)12-15(21)18-7-6-13-2-4-14(5-3-13)25(17,23)24/h2-5H,6-12H2,1H3,(H,18,21)(H2,17,23,24). The van der Waals surface area contributed by atoms with Gasteiger partial charge in [-0.2, -0.15) is 0 Å². The summed E-state index contributed by atoms with van der Waals surface area (Å²) in [6, 6.07) is 6.18. The van der Waals surface area contributed by atoms with E-state index in [-0.39, 0.29) is 23.1 Å². The zero-order chi connectivity index (χ0) is 18.4. The summed E-state index contributed by atoms with van der Waals surface area (Å²) in [6.07, 6.45) is 0.396. The molecular weight excluding hydrogens is 344 g/mol. The van der Waals surface area contributed by atoms with Crippen LogP contribution in [0.3, 0.4) is 0 Å². The molecule has 0 spiro atoms. The van der Waals surface area contributed by atoms with Gasteiger partial charge in [0.25, 0.3) is 0 Å². The minimum Gasteiger partial charge on any atom is -0.355 e. The van der Waals surface area contributed by atoms with E-state index in [9.17, 15) is 18.0 Å². The number of hydrogen-bond donors (Lipinski definition) is 2. The van der Waals surface area contributed by atoms with Crippen LogP contribution < -0.4 is 10.5 Å². The van der Waals surface area contributed by atoms with Gasteiger partial charge in [-0.15, -0.1) is 0 Å². The van der Waals surface area contributed by atoms with Crippen LogP contribution in [0.25, 0.3) is 0 Å². The van der Waals surface area contributed by atoms with E-state index in [4.69, 9.17) is 5.14 Å². The number of carbonyl (C=O) groups is 2. The number of likely N-dealkylation sites (N-methyl/N-ethyl adjacent to an activating group) is 1. The number of nitrogens with two attached hydrogens (primary N) is 1. The molecule has 2 amide bonds. The van der Waals surface area contributed by atoms with Crippen LogP contribution in [0.5, 0.6) is 0 Å². The molecule has 0 atom stereocenters. The molecule has 1 saturated heterocycles. The first-order valence-corrected chi connectivity index (χ1v) is 9.65.